The topological polar surface area (TPSA) is 44.4 Å². The van der Waals surface area contributed by atoms with Crippen LogP contribution < -0.4 is 15.8 Å². The first kappa shape index (κ1) is 20.2. The molecule has 1 amide bonds. The Labute approximate surface area is 178 Å². The highest BCUT2D eigenvalue weighted by Gasteiger charge is 2.38. The quantitative estimate of drug-likeness (QED) is 0.670. The van der Waals surface area contributed by atoms with Crippen LogP contribution in [0.5, 0.6) is 0 Å². The van der Waals surface area contributed by atoms with E-state index in [-0.39, 0.29) is 18.0 Å². The highest BCUT2D eigenvalue weighted by molar-refractivity contribution is 6.33. The first-order valence-corrected chi connectivity index (χ1v) is 11.2. The first-order valence-electron chi connectivity index (χ1n) is 10.8. The highest BCUT2D eigenvalue weighted by Crippen LogP contribution is 2.37. The van der Waals surface area contributed by atoms with E-state index in [0.29, 0.717) is 17.5 Å². The van der Waals surface area contributed by atoms with Crippen molar-refractivity contribution in [2.75, 3.05) is 5.01 Å². The molecule has 2 atom stereocenters. The SMILES string of the molecule is Cc1ccc(C2CC(C(=O)NC3CCCCCC3)NN2c2ccccc2Cl)cc1. The zero-order valence-electron chi connectivity index (χ0n) is 17.0. The summed E-state index contributed by atoms with van der Waals surface area (Å²) in [5.41, 5.74) is 6.78. The summed E-state index contributed by atoms with van der Waals surface area (Å²) in [6.07, 6.45) is 7.88. The zero-order valence-corrected chi connectivity index (χ0v) is 17.8. The summed E-state index contributed by atoms with van der Waals surface area (Å²) in [7, 11) is 0. The average molecular weight is 412 g/mol. The van der Waals surface area contributed by atoms with Gasteiger partial charge in [0.15, 0.2) is 0 Å². The number of carbonyl (C=O) groups excluding carboxylic acids is 1. The van der Waals surface area contributed by atoms with Gasteiger partial charge in [-0.15, -0.1) is 0 Å². The van der Waals surface area contributed by atoms with Gasteiger partial charge >= 0.3 is 0 Å². The monoisotopic (exact) mass is 411 g/mol. The summed E-state index contributed by atoms with van der Waals surface area (Å²) in [5.74, 6) is 0.101. The van der Waals surface area contributed by atoms with Crippen molar-refractivity contribution in [1.29, 1.82) is 0 Å². The molecule has 2 N–H and O–H groups in total. The van der Waals surface area contributed by atoms with Crippen LogP contribution in [-0.4, -0.2) is 18.0 Å². The summed E-state index contributed by atoms with van der Waals surface area (Å²) in [6, 6.07) is 16.4. The van der Waals surface area contributed by atoms with E-state index < -0.39 is 0 Å². The summed E-state index contributed by atoms with van der Waals surface area (Å²) >= 11 is 6.50. The van der Waals surface area contributed by atoms with Crippen molar-refractivity contribution in [3.05, 3.63) is 64.7 Å². The molecule has 0 aromatic heterocycles. The molecule has 2 aliphatic rings. The van der Waals surface area contributed by atoms with Gasteiger partial charge in [-0.3, -0.25) is 9.80 Å². The third-order valence-corrected chi connectivity index (χ3v) is 6.48. The van der Waals surface area contributed by atoms with E-state index in [9.17, 15) is 4.79 Å². The number of aryl methyl sites for hydroxylation is 1. The fraction of sp³-hybridized carbons (Fsp3) is 0.458. The summed E-state index contributed by atoms with van der Waals surface area (Å²) in [6.45, 7) is 2.09. The molecule has 0 radical (unpaired) electrons. The largest absolute Gasteiger partial charge is 0.352 e. The average Bonchev–Trinajstić information content (AvgIpc) is 3.00. The van der Waals surface area contributed by atoms with Crippen molar-refractivity contribution in [1.82, 2.24) is 10.7 Å². The maximum atomic E-state index is 13.1. The van der Waals surface area contributed by atoms with Crippen molar-refractivity contribution >= 4 is 23.2 Å². The van der Waals surface area contributed by atoms with Crippen LogP contribution >= 0.6 is 11.6 Å². The molecule has 29 heavy (non-hydrogen) atoms. The van der Waals surface area contributed by atoms with Crippen LogP contribution in [0.4, 0.5) is 5.69 Å². The van der Waals surface area contributed by atoms with Gasteiger partial charge in [-0.25, -0.2) is 5.43 Å². The number of hydrogen-bond acceptors (Lipinski definition) is 3. The molecule has 1 saturated heterocycles. The van der Waals surface area contributed by atoms with Crippen molar-refractivity contribution in [2.45, 2.75) is 70.0 Å². The van der Waals surface area contributed by atoms with E-state index in [0.717, 1.165) is 18.5 Å². The van der Waals surface area contributed by atoms with Gasteiger partial charge in [0.2, 0.25) is 5.91 Å². The lowest BCUT2D eigenvalue weighted by Crippen LogP contribution is -2.48. The minimum absolute atomic E-state index is 0.0559. The Balaban J connectivity index is 1.55. The molecule has 0 spiro atoms. The zero-order chi connectivity index (χ0) is 20.2. The molecule has 1 aliphatic carbocycles. The molecule has 1 aliphatic heterocycles. The van der Waals surface area contributed by atoms with Gasteiger partial charge in [-0.05, 0) is 43.9 Å². The lowest BCUT2D eigenvalue weighted by Gasteiger charge is -2.27. The summed E-state index contributed by atoms with van der Waals surface area (Å²) in [4.78, 5) is 13.1. The molecule has 2 unspecified atom stereocenters. The number of rotatable bonds is 4. The standard InChI is InChI=1S/C24H30ClN3O/c1-17-12-14-18(15-13-17)23-16-21(24(29)26-19-8-4-2-3-5-9-19)27-28(23)22-11-7-6-10-20(22)25/h6-7,10-15,19,21,23,27H,2-5,8-9,16H2,1H3,(H,26,29). The Hall–Kier alpha value is -2.04. The van der Waals surface area contributed by atoms with Gasteiger partial charge in [0.25, 0.3) is 0 Å². The molecule has 4 rings (SSSR count). The minimum Gasteiger partial charge on any atom is -0.352 e. The second-order valence-electron chi connectivity index (χ2n) is 8.36. The number of hydrazine groups is 1. The second-order valence-corrected chi connectivity index (χ2v) is 8.77. The van der Waals surface area contributed by atoms with Crippen LogP contribution in [-0.2, 0) is 4.79 Å². The Morgan fingerprint density at radius 3 is 2.41 bits per heavy atom. The predicted octanol–water partition coefficient (Wildman–Crippen LogP) is 5.31. The number of anilines is 1. The lowest BCUT2D eigenvalue weighted by atomic mass is 9.99. The number of carbonyl (C=O) groups is 1. The van der Waals surface area contributed by atoms with Gasteiger partial charge in [0, 0.05) is 6.04 Å². The number of nitrogens with zero attached hydrogens (tertiary/aromatic N) is 1. The van der Waals surface area contributed by atoms with Crippen molar-refractivity contribution < 1.29 is 4.79 Å². The number of para-hydroxylation sites is 1. The van der Waals surface area contributed by atoms with Crippen LogP contribution in [0.15, 0.2) is 48.5 Å². The Kier molecular flexibility index (Phi) is 6.41. The summed E-state index contributed by atoms with van der Waals surface area (Å²) in [5, 5.41) is 6.06. The van der Waals surface area contributed by atoms with E-state index in [2.05, 4.69) is 46.9 Å². The highest BCUT2D eigenvalue weighted by atomic mass is 35.5. The van der Waals surface area contributed by atoms with Gasteiger partial charge in [-0.1, -0.05) is 79.2 Å². The van der Waals surface area contributed by atoms with E-state index >= 15 is 0 Å². The van der Waals surface area contributed by atoms with Gasteiger partial charge < -0.3 is 5.32 Å². The van der Waals surface area contributed by atoms with Crippen LogP contribution in [0.1, 0.15) is 62.1 Å². The fourth-order valence-electron chi connectivity index (χ4n) is 4.49. The van der Waals surface area contributed by atoms with E-state index in [4.69, 9.17) is 11.6 Å². The maximum absolute atomic E-state index is 13.1. The van der Waals surface area contributed by atoms with Crippen molar-refractivity contribution in [2.24, 2.45) is 0 Å². The molecule has 4 nitrogen and oxygen atoms in total. The van der Waals surface area contributed by atoms with Crippen LogP contribution in [0.25, 0.3) is 0 Å². The molecule has 0 bridgehead atoms. The molecule has 2 aromatic carbocycles. The third kappa shape index (κ3) is 4.76. The molecule has 2 aromatic rings. The smallest absolute Gasteiger partial charge is 0.239 e. The Morgan fingerprint density at radius 2 is 1.72 bits per heavy atom. The van der Waals surface area contributed by atoms with Gasteiger partial charge in [0.1, 0.15) is 6.04 Å². The molecule has 154 valence electrons. The number of halogens is 1. The van der Waals surface area contributed by atoms with Crippen LogP contribution in [0, 0.1) is 6.92 Å². The number of hydrogen-bond donors (Lipinski definition) is 2. The first-order chi connectivity index (χ1) is 14.1. The maximum Gasteiger partial charge on any atom is 0.239 e. The number of nitrogens with one attached hydrogen (secondary N) is 2. The molecule has 1 saturated carbocycles. The van der Waals surface area contributed by atoms with Gasteiger partial charge in [-0.2, -0.15) is 0 Å². The van der Waals surface area contributed by atoms with E-state index in [1.165, 1.54) is 36.8 Å². The Morgan fingerprint density at radius 1 is 1.03 bits per heavy atom. The van der Waals surface area contributed by atoms with Crippen LogP contribution in [0.3, 0.4) is 0 Å². The lowest BCUT2D eigenvalue weighted by molar-refractivity contribution is -0.123. The molecular formula is C24H30ClN3O. The molecule has 2 fully saturated rings. The second kappa shape index (κ2) is 9.19. The summed E-state index contributed by atoms with van der Waals surface area (Å²) < 4.78 is 0. The Bertz CT molecular complexity index is 830. The van der Waals surface area contributed by atoms with Crippen LogP contribution in [0.2, 0.25) is 5.02 Å². The predicted molar refractivity (Wildman–Crippen MR) is 119 cm³/mol. The normalized spacial score (nSPS) is 23.0. The van der Waals surface area contributed by atoms with Crippen molar-refractivity contribution in [3.8, 4) is 0 Å². The minimum atomic E-state index is -0.263. The molecular weight excluding hydrogens is 382 g/mol. The molecule has 5 heteroatoms. The van der Waals surface area contributed by atoms with E-state index in [1.54, 1.807) is 0 Å². The third-order valence-electron chi connectivity index (χ3n) is 6.16. The van der Waals surface area contributed by atoms with E-state index in [1.807, 2.05) is 24.3 Å². The van der Waals surface area contributed by atoms with Crippen molar-refractivity contribution in [3.63, 3.8) is 0 Å². The molecule has 1 heterocycles. The van der Waals surface area contributed by atoms with Gasteiger partial charge in [0.05, 0.1) is 16.8 Å². The number of benzene rings is 2. The number of amides is 1. The fourth-order valence-corrected chi connectivity index (χ4v) is 4.72.